The molecule has 1 aromatic carbocycles. The van der Waals surface area contributed by atoms with Crippen LogP contribution in [-0.2, 0) is 11.2 Å². The fourth-order valence-corrected chi connectivity index (χ4v) is 1.68. The highest BCUT2D eigenvalue weighted by atomic mass is 35.5. The highest BCUT2D eigenvalue weighted by Crippen LogP contribution is 2.09. The van der Waals surface area contributed by atoms with Gasteiger partial charge in [-0.05, 0) is 31.0 Å². The first-order valence-corrected chi connectivity index (χ1v) is 6.47. The molecule has 7 heteroatoms. The highest BCUT2D eigenvalue weighted by molar-refractivity contribution is 6.30. The highest BCUT2D eigenvalue weighted by Gasteiger charge is 2.24. The van der Waals surface area contributed by atoms with E-state index in [2.05, 4.69) is 10.6 Å². The molecule has 0 heterocycles. The van der Waals surface area contributed by atoms with Gasteiger partial charge in [0.05, 0.1) is 6.10 Å². The van der Waals surface area contributed by atoms with Gasteiger partial charge >= 0.3 is 12.0 Å². The first-order chi connectivity index (χ1) is 9.40. The summed E-state index contributed by atoms with van der Waals surface area (Å²) >= 11 is 5.75. The third kappa shape index (κ3) is 5.46. The molecule has 0 saturated heterocycles. The van der Waals surface area contributed by atoms with E-state index in [1.807, 2.05) is 12.1 Å². The molecule has 0 unspecified atom stereocenters. The predicted octanol–water partition coefficient (Wildman–Crippen LogP) is 1.02. The lowest BCUT2D eigenvalue weighted by molar-refractivity contribution is -0.141. The van der Waals surface area contributed by atoms with Gasteiger partial charge in [0.15, 0.2) is 6.04 Å². The molecule has 20 heavy (non-hydrogen) atoms. The number of benzene rings is 1. The lowest BCUT2D eigenvalue weighted by Crippen LogP contribution is -2.51. The van der Waals surface area contributed by atoms with Gasteiger partial charge in [0.2, 0.25) is 0 Å². The minimum absolute atomic E-state index is 0.347. The number of urea groups is 1. The summed E-state index contributed by atoms with van der Waals surface area (Å²) in [5.41, 5.74) is 1.00. The second-order valence-corrected chi connectivity index (χ2v) is 4.77. The molecule has 0 fully saturated rings. The number of carboxylic acids is 1. The molecule has 2 atom stereocenters. The van der Waals surface area contributed by atoms with Crippen molar-refractivity contribution in [2.24, 2.45) is 0 Å². The Bertz CT molecular complexity index is 462. The Balaban J connectivity index is 2.36. The minimum Gasteiger partial charge on any atom is -0.480 e. The van der Waals surface area contributed by atoms with Crippen LogP contribution in [0.1, 0.15) is 12.5 Å². The number of aliphatic hydroxyl groups excluding tert-OH is 1. The number of halogens is 1. The Labute approximate surface area is 121 Å². The maximum atomic E-state index is 11.5. The van der Waals surface area contributed by atoms with Crippen molar-refractivity contribution >= 4 is 23.6 Å². The fraction of sp³-hybridized carbons (Fsp3) is 0.385. The first kappa shape index (κ1) is 16.3. The number of hydrogen-bond acceptors (Lipinski definition) is 3. The number of carbonyl (C=O) groups excluding carboxylic acids is 1. The van der Waals surface area contributed by atoms with Crippen molar-refractivity contribution in [2.75, 3.05) is 6.54 Å². The molecule has 0 saturated carbocycles. The van der Waals surface area contributed by atoms with E-state index in [-0.39, 0.29) is 0 Å². The van der Waals surface area contributed by atoms with E-state index in [0.717, 1.165) is 5.56 Å². The van der Waals surface area contributed by atoms with Crippen LogP contribution in [0, 0.1) is 0 Å². The van der Waals surface area contributed by atoms with Gasteiger partial charge in [-0.3, -0.25) is 0 Å². The Hall–Kier alpha value is -1.79. The fourth-order valence-electron chi connectivity index (χ4n) is 1.55. The van der Waals surface area contributed by atoms with Crippen LogP contribution < -0.4 is 10.6 Å². The Morgan fingerprint density at radius 1 is 1.30 bits per heavy atom. The molecule has 0 aliphatic carbocycles. The molecule has 4 N–H and O–H groups in total. The van der Waals surface area contributed by atoms with Crippen LogP contribution in [0.15, 0.2) is 24.3 Å². The van der Waals surface area contributed by atoms with Crippen LogP contribution >= 0.6 is 11.6 Å². The van der Waals surface area contributed by atoms with E-state index in [9.17, 15) is 14.7 Å². The number of nitrogens with one attached hydrogen (secondary N) is 2. The average molecular weight is 301 g/mol. The van der Waals surface area contributed by atoms with Gasteiger partial charge in [-0.15, -0.1) is 0 Å². The molecule has 0 radical (unpaired) electrons. The molecular weight excluding hydrogens is 284 g/mol. The largest absolute Gasteiger partial charge is 0.480 e. The summed E-state index contributed by atoms with van der Waals surface area (Å²) in [4.78, 5) is 22.3. The van der Waals surface area contributed by atoms with Crippen molar-refractivity contribution in [3.63, 3.8) is 0 Å². The zero-order chi connectivity index (χ0) is 15.1. The molecule has 1 aromatic rings. The van der Waals surface area contributed by atoms with E-state index in [1.54, 1.807) is 12.1 Å². The number of amides is 2. The van der Waals surface area contributed by atoms with Gasteiger partial charge < -0.3 is 20.8 Å². The summed E-state index contributed by atoms with van der Waals surface area (Å²) in [5, 5.41) is 23.4. The normalized spacial score (nSPS) is 13.3. The molecule has 2 amide bonds. The van der Waals surface area contributed by atoms with Gasteiger partial charge in [-0.1, -0.05) is 23.7 Å². The maximum absolute atomic E-state index is 11.5. The summed E-state index contributed by atoms with van der Waals surface area (Å²) in [6.45, 7) is 1.65. The van der Waals surface area contributed by atoms with Crippen molar-refractivity contribution in [3.05, 3.63) is 34.9 Å². The topological polar surface area (TPSA) is 98.7 Å². The van der Waals surface area contributed by atoms with Gasteiger partial charge in [0, 0.05) is 11.6 Å². The molecule has 1 rings (SSSR count). The van der Waals surface area contributed by atoms with E-state index in [1.165, 1.54) is 6.92 Å². The standard InChI is InChI=1S/C13H17ClN2O4/c1-8(17)11(12(18)19)16-13(20)15-7-6-9-2-4-10(14)5-3-9/h2-5,8,11,17H,6-7H2,1H3,(H,18,19)(H2,15,16,20)/t8-,11+/m1/s1. The minimum atomic E-state index is -1.33. The van der Waals surface area contributed by atoms with E-state index < -0.39 is 24.1 Å². The zero-order valence-electron chi connectivity index (χ0n) is 11.0. The van der Waals surface area contributed by atoms with E-state index in [0.29, 0.717) is 18.0 Å². The third-order valence-corrected chi connectivity index (χ3v) is 2.90. The van der Waals surface area contributed by atoms with Gasteiger partial charge in [-0.25, -0.2) is 9.59 Å². The molecule has 110 valence electrons. The van der Waals surface area contributed by atoms with Crippen molar-refractivity contribution in [1.29, 1.82) is 0 Å². The van der Waals surface area contributed by atoms with E-state index >= 15 is 0 Å². The molecular formula is C13H17ClN2O4. The second kappa shape index (κ2) is 7.72. The van der Waals surface area contributed by atoms with Crippen molar-refractivity contribution in [2.45, 2.75) is 25.5 Å². The molecule has 0 bridgehead atoms. The quantitative estimate of drug-likeness (QED) is 0.630. The monoisotopic (exact) mass is 300 g/mol. The first-order valence-electron chi connectivity index (χ1n) is 6.10. The van der Waals surface area contributed by atoms with Crippen LogP contribution in [0.25, 0.3) is 0 Å². The number of aliphatic hydroxyl groups is 1. The average Bonchev–Trinajstić information content (AvgIpc) is 2.37. The lowest BCUT2D eigenvalue weighted by Gasteiger charge is -2.17. The van der Waals surface area contributed by atoms with Crippen molar-refractivity contribution in [3.8, 4) is 0 Å². The van der Waals surface area contributed by atoms with Gasteiger partial charge in [0.25, 0.3) is 0 Å². The summed E-state index contributed by atoms with van der Waals surface area (Å²) < 4.78 is 0. The third-order valence-electron chi connectivity index (χ3n) is 2.65. The summed E-state index contributed by atoms with van der Waals surface area (Å²) in [6, 6.07) is 5.24. The Morgan fingerprint density at radius 2 is 1.90 bits per heavy atom. The number of carbonyl (C=O) groups is 2. The smallest absolute Gasteiger partial charge is 0.328 e. The summed E-state index contributed by atoms with van der Waals surface area (Å²) in [5.74, 6) is -1.28. The SMILES string of the molecule is C[C@@H](O)[C@H](NC(=O)NCCc1ccc(Cl)cc1)C(=O)O. The van der Waals surface area contributed by atoms with Crippen LogP contribution in [0.2, 0.25) is 5.02 Å². The zero-order valence-corrected chi connectivity index (χ0v) is 11.7. The van der Waals surface area contributed by atoms with Crippen LogP contribution in [0.5, 0.6) is 0 Å². The number of hydrogen-bond donors (Lipinski definition) is 4. The molecule has 0 aliphatic rings. The number of aliphatic carboxylic acids is 1. The second-order valence-electron chi connectivity index (χ2n) is 4.33. The number of rotatable bonds is 6. The Kier molecular flexibility index (Phi) is 6.27. The molecule has 6 nitrogen and oxygen atoms in total. The van der Waals surface area contributed by atoms with E-state index in [4.69, 9.17) is 16.7 Å². The van der Waals surface area contributed by atoms with Crippen molar-refractivity contribution < 1.29 is 19.8 Å². The van der Waals surface area contributed by atoms with Crippen LogP contribution in [0.4, 0.5) is 4.79 Å². The molecule has 0 aliphatic heterocycles. The van der Waals surface area contributed by atoms with Crippen molar-refractivity contribution in [1.82, 2.24) is 10.6 Å². The maximum Gasteiger partial charge on any atom is 0.328 e. The van der Waals surface area contributed by atoms with Crippen LogP contribution in [0.3, 0.4) is 0 Å². The van der Waals surface area contributed by atoms with Gasteiger partial charge in [0.1, 0.15) is 0 Å². The molecule has 0 spiro atoms. The molecule has 0 aromatic heterocycles. The van der Waals surface area contributed by atoms with Crippen LogP contribution in [-0.4, -0.2) is 40.9 Å². The lowest BCUT2D eigenvalue weighted by atomic mass is 10.1. The summed E-state index contributed by atoms with van der Waals surface area (Å²) in [6.07, 6.45) is -0.577. The van der Waals surface area contributed by atoms with Gasteiger partial charge in [-0.2, -0.15) is 0 Å². The Morgan fingerprint density at radius 3 is 2.40 bits per heavy atom. The predicted molar refractivity (Wildman–Crippen MR) is 74.8 cm³/mol. The summed E-state index contributed by atoms with van der Waals surface area (Å²) in [7, 11) is 0. The number of carboxylic acid groups (broad SMARTS) is 1.